The maximum Gasteiger partial charge on any atom is 0.229 e. The zero-order chi connectivity index (χ0) is 23.3. The van der Waals surface area contributed by atoms with Crippen LogP contribution in [0.1, 0.15) is 37.7 Å². The van der Waals surface area contributed by atoms with Crippen LogP contribution in [0, 0.1) is 6.92 Å². The molecule has 8 nitrogen and oxygen atoms in total. The maximum absolute atomic E-state index is 5.54. The van der Waals surface area contributed by atoms with E-state index in [-0.39, 0.29) is 0 Å². The Morgan fingerprint density at radius 2 is 1.82 bits per heavy atom. The predicted octanol–water partition coefficient (Wildman–Crippen LogP) is 4.11. The first kappa shape index (κ1) is 22.7. The molecule has 0 radical (unpaired) electrons. The summed E-state index contributed by atoms with van der Waals surface area (Å²) in [6, 6.07) is 10.8. The van der Waals surface area contributed by atoms with Crippen LogP contribution in [0.25, 0.3) is 11.0 Å². The molecule has 1 saturated carbocycles. The van der Waals surface area contributed by atoms with E-state index < -0.39 is 0 Å². The first-order chi connectivity index (χ1) is 16.6. The van der Waals surface area contributed by atoms with Gasteiger partial charge < -0.3 is 26.2 Å². The number of anilines is 4. The first-order valence-corrected chi connectivity index (χ1v) is 12.6. The molecule has 0 bridgehead atoms. The van der Waals surface area contributed by atoms with E-state index in [9.17, 15) is 0 Å². The summed E-state index contributed by atoms with van der Waals surface area (Å²) in [5.41, 5.74) is 3.87. The molecule has 2 aromatic heterocycles. The lowest BCUT2D eigenvalue weighted by Gasteiger charge is -2.29. The predicted molar refractivity (Wildman–Crippen MR) is 143 cm³/mol. The third-order valence-corrected chi connectivity index (χ3v) is 6.78. The van der Waals surface area contributed by atoms with Gasteiger partial charge in [-0.15, -0.1) is 0 Å². The van der Waals surface area contributed by atoms with Crippen molar-refractivity contribution in [3.8, 4) is 0 Å². The second-order valence-electron chi connectivity index (χ2n) is 9.10. The van der Waals surface area contributed by atoms with Crippen molar-refractivity contribution in [3.05, 3.63) is 42.1 Å². The number of nitrogens with one attached hydrogen (secondary N) is 4. The highest BCUT2D eigenvalue weighted by Gasteiger charge is 2.15. The van der Waals surface area contributed by atoms with Crippen LogP contribution in [0.2, 0.25) is 0 Å². The molecular formula is C25H32N8S. The molecule has 1 aliphatic carbocycles. The number of benzene rings is 1. The maximum atomic E-state index is 5.54. The SMILES string of the molecule is Cc1cc(NC(=S)NC2CCCCC2)nc2nc(Nc3ccc(N4CCNCC4)cc3)ncc12. The molecule has 5 rings (SSSR count). The molecular weight excluding hydrogens is 444 g/mol. The van der Waals surface area contributed by atoms with Gasteiger partial charge in [0.2, 0.25) is 5.95 Å². The van der Waals surface area contributed by atoms with Gasteiger partial charge >= 0.3 is 0 Å². The molecule has 0 amide bonds. The molecule has 2 aliphatic rings. The van der Waals surface area contributed by atoms with Gasteiger partial charge in [-0.05, 0) is 67.9 Å². The van der Waals surface area contributed by atoms with Gasteiger partial charge in [0.05, 0.1) is 0 Å². The number of piperazine rings is 1. The molecule has 1 aromatic carbocycles. The Labute approximate surface area is 206 Å². The van der Waals surface area contributed by atoms with Crippen molar-refractivity contribution >= 4 is 51.5 Å². The average Bonchev–Trinajstić information content (AvgIpc) is 2.85. The molecule has 178 valence electrons. The van der Waals surface area contributed by atoms with E-state index in [4.69, 9.17) is 17.2 Å². The molecule has 1 saturated heterocycles. The lowest BCUT2D eigenvalue weighted by molar-refractivity contribution is 0.415. The molecule has 3 aromatic rings. The third kappa shape index (κ3) is 5.53. The number of fused-ring (bicyclic) bond motifs is 1. The molecule has 3 heterocycles. The average molecular weight is 477 g/mol. The van der Waals surface area contributed by atoms with E-state index in [1.165, 1.54) is 37.8 Å². The van der Waals surface area contributed by atoms with Crippen LogP contribution in [0.15, 0.2) is 36.5 Å². The molecule has 0 atom stereocenters. The topological polar surface area (TPSA) is 90.0 Å². The van der Waals surface area contributed by atoms with Gasteiger partial charge in [-0.3, -0.25) is 0 Å². The fraction of sp³-hybridized carbons (Fsp3) is 0.440. The Balaban J connectivity index is 1.27. The normalized spacial score (nSPS) is 16.9. The molecule has 4 N–H and O–H groups in total. The standard InChI is InChI=1S/C25H32N8S/c1-17-15-22(31-25(34)29-18-5-3-2-4-6-18)30-23-21(17)16-27-24(32-23)28-19-7-9-20(10-8-19)33-13-11-26-12-14-33/h7-10,15-16,18,26H,2-6,11-14H2,1H3,(H3,27,28,29,30,31,32,34). The Kier molecular flexibility index (Phi) is 7.01. The lowest BCUT2D eigenvalue weighted by atomic mass is 9.96. The van der Waals surface area contributed by atoms with E-state index in [1.807, 2.05) is 19.2 Å². The molecule has 1 aliphatic heterocycles. The van der Waals surface area contributed by atoms with Crippen molar-refractivity contribution in [1.82, 2.24) is 25.6 Å². The minimum atomic E-state index is 0.450. The van der Waals surface area contributed by atoms with Gasteiger partial charge in [0.1, 0.15) is 5.82 Å². The third-order valence-electron chi connectivity index (χ3n) is 6.56. The number of pyridine rings is 1. The Morgan fingerprint density at radius 3 is 2.59 bits per heavy atom. The lowest BCUT2D eigenvalue weighted by Crippen LogP contribution is -2.43. The van der Waals surface area contributed by atoms with Gasteiger partial charge in [0.15, 0.2) is 10.8 Å². The van der Waals surface area contributed by atoms with Gasteiger partial charge in [-0.2, -0.15) is 4.98 Å². The summed E-state index contributed by atoms with van der Waals surface area (Å²) in [4.78, 5) is 16.3. The van der Waals surface area contributed by atoms with Crippen LogP contribution >= 0.6 is 12.2 Å². The van der Waals surface area contributed by atoms with Crippen molar-refractivity contribution in [2.75, 3.05) is 41.7 Å². The van der Waals surface area contributed by atoms with E-state index in [1.54, 1.807) is 0 Å². The zero-order valence-electron chi connectivity index (χ0n) is 19.6. The monoisotopic (exact) mass is 476 g/mol. The van der Waals surface area contributed by atoms with Crippen molar-refractivity contribution in [2.24, 2.45) is 0 Å². The first-order valence-electron chi connectivity index (χ1n) is 12.2. The minimum absolute atomic E-state index is 0.450. The van der Waals surface area contributed by atoms with Crippen molar-refractivity contribution in [3.63, 3.8) is 0 Å². The fourth-order valence-corrected chi connectivity index (χ4v) is 4.95. The largest absolute Gasteiger partial charge is 0.369 e. The number of hydrogen-bond acceptors (Lipinski definition) is 7. The summed E-state index contributed by atoms with van der Waals surface area (Å²) in [5, 5.41) is 14.9. The number of rotatable bonds is 5. The van der Waals surface area contributed by atoms with Crippen molar-refractivity contribution in [2.45, 2.75) is 45.1 Å². The van der Waals surface area contributed by atoms with Crippen LogP contribution in [-0.4, -0.2) is 52.3 Å². The molecule has 34 heavy (non-hydrogen) atoms. The highest BCUT2D eigenvalue weighted by Crippen LogP contribution is 2.23. The second-order valence-corrected chi connectivity index (χ2v) is 9.51. The van der Waals surface area contributed by atoms with E-state index >= 15 is 0 Å². The van der Waals surface area contributed by atoms with Gasteiger partial charge in [-0.25, -0.2) is 9.97 Å². The van der Waals surface area contributed by atoms with Crippen LogP contribution < -0.4 is 26.2 Å². The highest BCUT2D eigenvalue weighted by atomic mass is 32.1. The minimum Gasteiger partial charge on any atom is -0.369 e. The number of aromatic nitrogens is 3. The van der Waals surface area contributed by atoms with Gasteiger partial charge in [0, 0.05) is 55.2 Å². The summed E-state index contributed by atoms with van der Waals surface area (Å²) >= 11 is 5.54. The van der Waals surface area contributed by atoms with Crippen LogP contribution in [0.5, 0.6) is 0 Å². The van der Waals surface area contributed by atoms with Crippen LogP contribution in [0.3, 0.4) is 0 Å². The van der Waals surface area contributed by atoms with E-state index in [0.717, 1.165) is 42.8 Å². The van der Waals surface area contributed by atoms with Crippen molar-refractivity contribution < 1.29 is 0 Å². The smallest absolute Gasteiger partial charge is 0.229 e. The summed E-state index contributed by atoms with van der Waals surface area (Å²) in [5.74, 6) is 1.22. The van der Waals surface area contributed by atoms with Crippen LogP contribution in [0.4, 0.5) is 23.1 Å². The Hall–Kier alpha value is -3.04. The number of nitrogens with zero attached hydrogens (tertiary/aromatic N) is 4. The van der Waals surface area contributed by atoms with Gasteiger partial charge in [0.25, 0.3) is 0 Å². The molecule has 0 unspecified atom stereocenters. The molecule has 0 spiro atoms. The summed E-state index contributed by atoms with van der Waals surface area (Å²) < 4.78 is 0. The number of aryl methyl sites for hydroxylation is 1. The number of thiocarbonyl (C=S) groups is 1. The zero-order valence-corrected chi connectivity index (χ0v) is 20.4. The summed E-state index contributed by atoms with van der Waals surface area (Å²) in [6.07, 6.45) is 8.01. The quantitative estimate of drug-likeness (QED) is 0.406. The second kappa shape index (κ2) is 10.5. The number of hydrogen-bond donors (Lipinski definition) is 4. The van der Waals surface area contributed by atoms with E-state index in [0.29, 0.717) is 28.6 Å². The molecule has 9 heteroatoms. The Bertz CT molecular complexity index is 1140. The van der Waals surface area contributed by atoms with Crippen LogP contribution in [-0.2, 0) is 0 Å². The Morgan fingerprint density at radius 1 is 1.06 bits per heavy atom. The highest BCUT2D eigenvalue weighted by molar-refractivity contribution is 7.80. The fourth-order valence-electron chi connectivity index (χ4n) is 4.68. The summed E-state index contributed by atoms with van der Waals surface area (Å²) in [6.45, 7) is 6.15. The molecule has 2 fully saturated rings. The van der Waals surface area contributed by atoms with Gasteiger partial charge in [-0.1, -0.05) is 19.3 Å². The van der Waals surface area contributed by atoms with Crippen molar-refractivity contribution in [1.29, 1.82) is 0 Å². The summed E-state index contributed by atoms with van der Waals surface area (Å²) in [7, 11) is 0. The van der Waals surface area contributed by atoms with E-state index in [2.05, 4.69) is 60.4 Å².